The van der Waals surface area contributed by atoms with E-state index < -0.39 is 10.0 Å². The molecule has 1 N–H and O–H groups in total. The van der Waals surface area contributed by atoms with Crippen molar-refractivity contribution < 1.29 is 13.2 Å². The molecule has 28 heavy (non-hydrogen) atoms. The number of nitrogens with zero attached hydrogens (tertiary/aromatic N) is 3. The Morgan fingerprint density at radius 1 is 1.32 bits per heavy atom. The SMILES string of the molecule is CCS(=O)(=O)N1CC(OCC[C@@H]2C[C@@H]2C2CCN(C3=NC=C(Cl)CN3)CC2)C1. The predicted molar refractivity (Wildman–Crippen MR) is 111 cm³/mol. The number of nitrogens with one attached hydrogen (secondary N) is 1. The first-order valence-electron chi connectivity index (χ1n) is 10.5. The number of halogens is 1. The molecule has 3 fully saturated rings. The molecule has 7 nitrogen and oxygen atoms in total. The van der Waals surface area contributed by atoms with Gasteiger partial charge in [0.15, 0.2) is 5.96 Å². The predicted octanol–water partition coefficient (Wildman–Crippen LogP) is 1.81. The Hall–Kier alpha value is -0.830. The van der Waals surface area contributed by atoms with Crippen molar-refractivity contribution in [1.82, 2.24) is 14.5 Å². The minimum atomic E-state index is -3.04. The lowest BCUT2D eigenvalue weighted by molar-refractivity contribution is -0.0225. The third kappa shape index (κ3) is 4.66. The topological polar surface area (TPSA) is 74.2 Å². The van der Waals surface area contributed by atoms with Crippen LogP contribution >= 0.6 is 11.6 Å². The monoisotopic (exact) mass is 430 g/mol. The number of hydrogen-bond acceptors (Lipinski definition) is 6. The van der Waals surface area contributed by atoms with E-state index in [4.69, 9.17) is 16.3 Å². The lowest BCUT2D eigenvalue weighted by Crippen LogP contribution is -2.55. The molecule has 4 rings (SSSR count). The van der Waals surface area contributed by atoms with Crippen LogP contribution in [-0.2, 0) is 14.8 Å². The molecule has 1 aliphatic carbocycles. The van der Waals surface area contributed by atoms with Gasteiger partial charge in [0.1, 0.15) is 0 Å². The maximum Gasteiger partial charge on any atom is 0.214 e. The summed E-state index contributed by atoms with van der Waals surface area (Å²) in [5, 5.41) is 4.04. The fourth-order valence-electron chi connectivity index (χ4n) is 4.60. The van der Waals surface area contributed by atoms with Crippen LogP contribution in [0.2, 0.25) is 0 Å². The van der Waals surface area contributed by atoms with Gasteiger partial charge in [-0.3, -0.25) is 0 Å². The molecule has 3 heterocycles. The minimum Gasteiger partial charge on any atom is -0.375 e. The van der Waals surface area contributed by atoms with E-state index in [0.29, 0.717) is 19.6 Å². The summed E-state index contributed by atoms with van der Waals surface area (Å²) >= 11 is 5.95. The van der Waals surface area contributed by atoms with Gasteiger partial charge in [0.2, 0.25) is 10.0 Å². The van der Waals surface area contributed by atoms with Gasteiger partial charge in [-0.25, -0.2) is 13.4 Å². The summed E-state index contributed by atoms with van der Waals surface area (Å²) in [6.07, 6.45) is 6.73. The van der Waals surface area contributed by atoms with E-state index in [9.17, 15) is 8.42 Å². The zero-order valence-electron chi connectivity index (χ0n) is 16.5. The highest BCUT2D eigenvalue weighted by atomic mass is 35.5. The van der Waals surface area contributed by atoms with Gasteiger partial charge in [0.25, 0.3) is 0 Å². The first-order chi connectivity index (χ1) is 13.5. The average Bonchev–Trinajstić information content (AvgIpc) is 3.44. The fraction of sp³-hybridized carbons (Fsp3) is 0.842. The molecule has 0 aromatic heterocycles. The van der Waals surface area contributed by atoms with Crippen molar-refractivity contribution in [1.29, 1.82) is 0 Å². The van der Waals surface area contributed by atoms with E-state index >= 15 is 0 Å². The number of aliphatic imine (C=N–C) groups is 1. The number of rotatable bonds is 7. The summed E-state index contributed by atoms with van der Waals surface area (Å²) in [5.74, 6) is 3.59. The van der Waals surface area contributed by atoms with Crippen LogP contribution in [-0.4, -0.2) is 74.8 Å². The van der Waals surface area contributed by atoms with Crippen LogP contribution in [0.4, 0.5) is 0 Å². The number of ether oxygens (including phenoxy) is 1. The van der Waals surface area contributed by atoms with E-state index in [1.165, 1.54) is 23.6 Å². The molecule has 0 bridgehead atoms. The van der Waals surface area contributed by atoms with Gasteiger partial charge >= 0.3 is 0 Å². The second-order valence-electron chi connectivity index (χ2n) is 8.37. The van der Waals surface area contributed by atoms with Gasteiger partial charge < -0.3 is 15.0 Å². The van der Waals surface area contributed by atoms with Gasteiger partial charge in [-0.1, -0.05) is 11.6 Å². The number of guanidine groups is 1. The Labute approximate surface area is 173 Å². The van der Waals surface area contributed by atoms with Crippen molar-refractivity contribution in [2.24, 2.45) is 22.7 Å². The Morgan fingerprint density at radius 3 is 2.71 bits per heavy atom. The zero-order valence-corrected chi connectivity index (χ0v) is 18.1. The molecule has 9 heteroatoms. The lowest BCUT2D eigenvalue weighted by atomic mass is 9.90. The summed E-state index contributed by atoms with van der Waals surface area (Å²) < 4.78 is 30.9. The third-order valence-corrected chi connectivity index (χ3v) is 8.62. The quantitative estimate of drug-likeness (QED) is 0.666. The van der Waals surface area contributed by atoms with Crippen molar-refractivity contribution >= 4 is 27.6 Å². The van der Waals surface area contributed by atoms with Crippen molar-refractivity contribution in [2.45, 2.75) is 38.7 Å². The van der Waals surface area contributed by atoms with Gasteiger partial charge in [-0.05, 0) is 50.4 Å². The Balaban J connectivity index is 1.10. The maximum atomic E-state index is 11.7. The van der Waals surface area contributed by atoms with Crippen molar-refractivity contribution in [3.05, 3.63) is 11.2 Å². The van der Waals surface area contributed by atoms with Gasteiger partial charge in [-0.15, -0.1) is 0 Å². The lowest BCUT2D eigenvalue weighted by Gasteiger charge is -2.37. The Morgan fingerprint density at radius 2 is 2.07 bits per heavy atom. The normalized spacial score (nSPS) is 29.7. The first kappa shape index (κ1) is 20.4. The molecular formula is C19H31ClN4O3S. The Kier molecular flexibility index (Phi) is 6.20. The van der Waals surface area contributed by atoms with E-state index in [2.05, 4.69) is 15.2 Å². The molecule has 0 aromatic carbocycles. The van der Waals surface area contributed by atoms with Crippen molar-refractivity contribution in [3.63, 3.8) is 0 Å². The van der Waals surface area contributed by atoms with Crippen LogP contribution < -0.4 is 5.32 Å². The first-order valence-corrected chi connectivity index (χ1v) is 12.5. The molecule has 0 radical (unpaired) electrons. The second kappa shape index (κ2) is 8.50. The molecule has 3 aliphatic heterocycles. The maximum absolute atomic E-state index is 11.7. The average molecular weight is 431 g/mol. The van der Waals surface area contributed by atoms with Crippen LogP contribution in [0.1, 0.15) is 32.6 Å². The van der Waals surface area contributed by atoms with Crippen LogP contribution in [0.5, 0.6) is 0 Å². The highest BCUT2D eigenvalue weighted by molar-refractivity contribution is 7.89. The fourth-order valence-corrected chi connectivity index (χ4v) is 5.87. The molecule has 158 valence electrons. The highest BCUT2D eigenvalue weighted by Crippen LogP contribution is 2.49. The van der Waals surface area contributed by atoms with E-state index in [0.717, 1.165) is 54.9 Å². The summed E-state index contributed by atoms with van der Waals surface area (Å²) in [6.45, 7) is 6.30. The van der Waals surface area contributed by atoms with Gasteiger partial charge in [0, 0.05) is 39.0 Å². The summed E-state index contributed by atoms with van der Waals surface area (Å²) in [5.41, 5.74) is 0. The highest BCUT2D eigenvalue weighted by Gasteiger charge is 2.43. The van der Waals surface area contributed by atoms with Crippen LogP contribution in [0.25, 0.3) is 0 Å². The molecule has 2 atom stereocenters. The van der Waals surface area contributed by atoms with E-state index in [1.807, 2.05) is 0 Å². The van der Waals surface area contributed by atoms with Gasteiger partial charge in [-0.2, -0.15) is 4.31 Å². The molecule has 2 saturated heterocycles. The van der Waals surface area contributed by atoms with Crippen LogP contribution in [0.15, 0.2) is 16.2 Å². The molecule has 0 amide bonds. The summed E-state index contributed by atoms with van der Waals surface area (Å²) in [4.78, 5) is 6.75. The molecule has 0 spiro atoms. The number of sulfonamides is 1. The number of hydrogen-bond donors (Lipinski definition) is 1. The standard InChI is InChI=1S/C19H31ClN4O3S/c1-2-28(25,26)24-12-17(13-24)27-8-5-15-9-18(15)14-3-6-23(7-4-14)19-21-10-16(20)11-22-19/h10,14-15,17-18H,2-9,11-13H2,1H3,(H,21,22)/t15-,18-/m1/s1. The van der Waals surface area contributed by atoms with E-state index in [-0.39, 0.29) is 11.9 Å². The van der Waals surface area contributed by atoms with Crippen LogP contribution in [0, 0.1) is 17.8 Å². The summed E-state index contributed by atoms with van der Waals surface area (Å²) in [7, 11) is -3.04. The second-order valence-corrected chi connectivity index (χ2v) is 11.1. The van der Waals surface area contributed by atoms with E-state index in [1.54, 1.807) is 13.1 Å². The Bertz CT molecular complexity index is 727. The molecule has 0 unspecified atom stereocenters. The van der Waals surface area contributed by atoms with Crippen molar-refractivity contribution in [3.8, 4) is 0 Å². The largest absolute Gasteiger partial charge is 0.375 e. The van der Waals surface area contributed by atoms with Gasteiger partial charge in [0.05, 0.1) is 23.4 Å². The number of piperidine rings is 1. The molecule has 4 aliphatic rings. The van der Waals surface area contributed by atoms with Crippen LogP contribution in [0.3, 0.4) is 0 Å². The third-order valence-electron chi connectivity index (χ3n) is 6.58. The molecule has 1 saturated carbocycles. The smallest absolute Gasteiger partial charge is 0.214 e. The number of likely N-dealkylation sites (tertiary alicyclic amines) is 1. The molecule has 0 aromatic rings. The molecular weight excluding hydrogens is 400 g/mol. The van der Waals surface area contributed by atoms with Crippen molar-refractivity contribution in [2.75, 3.05) is 45.1 Å². The zero-order chi connectivity index (χ0) is 19.7. The minimum absolute atomic E-state index is 0.0908. The summed E-state index contributed by atoms with van der Waals surface area (Å²) in [6, 6.07) is 0.